The molecule has 0 aromatic carbocycles. The summed E-state index contributed by atoms with van der Waals surface area (Å²) >= 11 is 0. The monoisotopic (exact) mass is 286 g/mol. The van der Waals surface area contributed by atoms with Crippen molar-refractivity contribution >= 4 is 17.4 Å². The molecule has 1 saturated heterocycles. The topological polar surface area (TPSA) is 71.3 Å². The van der Waals surface area contributed by atoms with Crippen molar-refractivity contribution in [2.24, 2.45) is 0 Å². The molecule has 0 spiro atoms. The van der Waals surface area contributed by atoms with Gasteiger partial charge in [0.25, 0.3) is 5.91 Å². The molecule has 110 valence electrons. The Hall–Kier alpha value is -2.37. The molecular weight excluding hydrogens is 268 g/mol. The molecule has 0 bridgehead atoms. The summed E-state index contributed by atoms with van der Waals surface area (Å²) in [5.41, 5.74) is 1.74. The van der Waals surface area contributed by atoms with E-state index in [4.69, 9.17) is 4.52 Å². The van der Waals surface area contributed by atoms with Crippen molar-refractivity contribution in [3.8, 4) is 0 Å². The Labute approximate surface area is 123 Å². The largest absolute Gasteiger partial charge is 0.361 e. The molecule has 0 aliphatic carbocycles. The maximum Gasteiger partial charge on any atom is 0.261 e. The van der Waals surface area contributed by atoms with E-state index in [1.165, 1.54) is 12.8 Å². The smallest absolute Gasteiger partial charge is 0.261 e. The fraction of sp³-hybridized carbons (Fsp3) is 0.400. The van der Waals surface area contributed by atoms with Gasteiger partial charge in [-0.25, -0.2) is 4.98 Å². The minimum absolute atomic E-state index is 0.220. The molecular formula is C15H18N4O2. The highest BCUT2D eigenvalue weighted by Gasteiger charge is 2.18. The van der Waals surface area contributed by atoms with Gasteiger partial charge in [0.05, 0.1) is 17.6 Å². The molecule has 1 fully saturated rings. The summed E-state index contributed by atoms with van der Waals surface area (Å²) in [6.07, 6.45) is 4.11. The number of carbonyl (C=O) groups excluding carboxylic acids is 1. The van der Waals surface area contributed by atoms with Crippen LogP contribution in [0.25, 0.3) is 0 Å². The van der Waals surface area contributed by atoms with Gasteiger partial charge in [0, 0.05) is 13.1 Å². The maximum absolute atomic E-state index is 12.2. The summed E-state index contributed by atoms with van der Waals surface area (Å²) in [6.45, 7) is 5.58. The SMILES string of the molecule is Cc1noc(C)c1C(=O)Nc1ccc(N2CCCC2)nc1. The molecule has 1 aliphatic rings. The van der Waals surface area contributed by atoms with Crippen LogP contribution in [0.3, 0.4) is 0 Å². The third kappa shape index (κ3) is 2.74. The lowest BCUT2D eigenvalue weighted by Gasteiger charge is -2.16. The summed E-state index contributed by atoms with van der Waals surface area (Å²) in [5, 5.41) is 6.61. The summed E-state index contributed by atoms with van der Waals surface area (Å²) < 4.78 is 5.01. The first-order valence-electron chi connectivity index (χ1n) is 7.10. The Kier molecular flexibility index (Phi) is 3.60. The summed E-state index contributed by atoms with van der Waals surface area (Å²) in [7, 11) is 0. The van der Waals surface area contributed by atoms with Crippen LogP contribution in [0.15, 0.2) is 22.9 Å². The molecule has 0 saturated carbocycles. The van der Waals surface area contributed by atoms with Crippen LogP contribution in [0.4, 0.5) is 11.5 Å². The van der Waals surface area contributed by atoms with Crippen molar-refractivity contribution in [1.82, 2.24) is 10.1 Å². The fourth-order valence-corrected chi connectivity index (χ4v) is 2.59. The quantitative estimate of drug-likeness (QED) is 0.938. The first kappa shape index (κ1) is 13.6. The molecule has 0 radical (unpaired) electrons. The lowest BCUT2D eigenvalue weighted by atomic mass is 10.2. The van der Waals surface area contributed by atoms with E-state index in [-0.39, 0.29) is 5.91 Å². The van der Waals surface area contributed by atoms with E-state index < -0.39 is 0 Å². The number of nitrogens with one attached hydrogen (secondary N) is 1. The number of aryl methyl sites for hydroxylation is 2. The Morgan fingerprint density at radius 2 is 2.05 bits per heavy atom. The van der Waals surface area contributed by atoms with Crippen LogP contribution in [-0.2, 0) is 0 Å². The average molecular weight is 286 g/mol. The highest BCUT2D eigenvalue weighted by molar-refractivity contribution is 6.05. The second-order valence-corrected chi connectivity index (χ2v) is 5.25. The van der Waals surface area contributed by atoms with Gasteiger partial charge in [0.1, 0.15) is 17.1 Å². The van der Waals surface area contributed by atoms with Crippen LogP contribution < -0.4 is 10.2 Å². The van der Waals surface area contributed by atoms with Gasteiger partial charge in [-0.1, -0.05) is 5.16 Å². The zero-order valence-corrected chi connectivity index (χ0v) is 12.2. The Balaban J connectivity index is 1.72. The number of anilines is 2. The van der Waals surface area contributed by atoms with Gasteiger partial charge in [-0.3, -0.25) is 4.79 Å². The second kappa shape index (κ2) is 5.55. The van der Waals surface area contributed by atoms with E-state index in [0.29, 0.717) is 22.7 Å². The summed E-state index contributed by atoms with van der Waals surface area (Å²) in [5.74, 6) is 1.26. The molecule has 0 atom stereocenters. The molecule has 1 amide bonds. The summed E-state index contributed by atoms with van der Waals surface area (Å²) in [6, 6.07) is 3.81. The molecule has 6 heteroatoms. The minimum Gasteiger partial charge on any atom is -0.361 e. The van der Waals surface area contributed by atoms with Crippen LogP contribution in [-0.4, -0.2) is 29.1 Å². The number of hydrogen-bond acceptors (Lipinski definition) is 5. The number of carbonyl (C=O) groups is 1. The third-order valence-corrected chi connectivity index (χ3v) is 3.70. The van der Waals surface area contributed by atoms with Crippen molar-refractivity contribution in [1.29, 1.82) is 0 Å². The van der Waals surface area contributed by atoms with Crippen molar-refractivity contribution in [3.05, 3.63) is 35.3 Å². The molecule has 1 aliphatic heterocycles. The van der Waals surface area contributed by atoms with Crippen LogP contribution in [0.1, 0.15) is 34.7 Å². The highest BCUT2D eigenvalue weighted by atomic mass is 16.5. The number of amides is 1. The van der Waals surface area contributed by atoms with Gasteiger partial charge in [0.15, 0.2) is 0 Å². The molecule has 21 heavy (non-hydrogen) atoms. The predicted octanol–water partition coefficient (Wildman–Crippen LogP) is 2.54. The Morgan fingerprint density at radius 1 is 1.29 bits per heavy atom. The van der Waals surface area contributed by atoms with Gasteiger partial charge in [-0.2, -0.15) is 0 Å². The van der Waals surface area contributed by atoms with E-state index in [1.807, 2.05) is 12.1 Å². The fourth-order valence-electron chi connectivity index (χ4n) is 2.59. The highest BCUT2D eigenvalue weighted by Crippen LogP contribution is 2.20. The van der Waals surface area contributed by atoms with Crippen LogP contribution in [0.5, 0.6) is 0 Å². The third-order valence-electron chi connectivity index (χ3n) is 3.70. The molecule has 3 rings (SSSR count). The maximum atomic E-state index is 12.2. The molecule has 3 heterocycles. The van der Waals surface area contributed by atoms with Gasteiger partial charge >= 0.3 is 0 Å². The van der Waals surface area contributed by atoms with Gasteiger partial charge < -0.3 is 14.7 Å². The predicted molar refractivity (Wildman–Crippen MR) is 79.6 cm³/mol. The number of aromatic nitrogens is 2. The zero-order chi connectivity index (χ0) is 14.8. The molecule has 1 N–H and O–H groups in total. The van der Waals surface area contributed by atoms with E-state index in [1.54, 1.807) is 20.0 Å². The lowest BCUT2D eigenvalue weighted by molar-refractivity contribution is 0.102. The van der Waals surface area contributed by atoms with Crippen LogP contribution in [0, 0.1) is 13.8 Å². The Bertz CT molecular complexity index is 623. The molecule has 0 unspecified atom stereocenters. The summed E-state index contributed by atoms with van der Waals surface area (Å²) in [4.78, 5) is 18.9. The van der Waals surface area contributed by atoms with E-state index >= 15 is 0 Å². The van der Waals surface area contributed by atoms with Crippen molar-refractivity contribution in [3.63, 3.8) is 0 Å². The van der Waals surface area contributed by atoms with Crippen molar-refractivity contribution < 1.29 is 9.32 Å². The van der Waals surface area contributed by atoms with Gasteiger partial charge in [-0.05, 0) is 38.8 Å². The second-order valence-electron chi connectivity index (χ2n) is 5.25. The lowest BCUT2D eigenvalue weighted by Crippen LogP contribution is -2.19. The van der Waals surface area contributed by atoms with Crippen LogP contribution >= 0.6 is 0 Å². The van der Waals surface area contributed by atoms with Crippen LogP contribution in [0.2, 0.25) is 0 Å². The average Bonchev–Trinajstić information content (AvgIpc) is 3.10. The molecule has 6 nitrogen and oxygen atoms in total. The van der Waals surface area contributed by atoms with E-state index in [2.05, 4.69) is 20.4 Å². The van der Waals surface area contributed by atoms with Crippen molar-refractivity contribution in [2.45, 2.75) is 26.7 Å². The van der Waals surface area contributed by atoms with Gasteiger partial charge in [0.2, 0.25) is 0 Å². The number of pyridine rings is 1. The van der Waals surface area contributed by atoms with Crippen molar-refractivity contribution in [2.75, 3.05) is 23.3 Å². The molecule has 2 aromatic heterocycles. The van der Waals surface area contributed by atoms with Gasteiger partial charge in [-0.15, -0.1) is 0 Å². The molecule has 2 aromatic rings. The first-order chi connectivity index (χ1) is 10.1. The zero-order valence-electron chi connectivity index (χ0n) is 12.2. The number of hydrogen-bond donors (Lipinski definition) is 1. The minimum atomic E-state index is -0.220. The number of nitrogens with zero attached hydrogens (tertiary/aromatic N) is 3. The van der Waals surface area contributed by atoms with E-state index in [9.17, 15) is 4.79 Å². The van der Waals surface area contributed by atoms with E-state index in [0.717, 1.165) is 18.9 Å². The number of rotatable bonds is 3. The first-order valence-corrected chi connectivity index (χ1v) is 7.10. The normalized spacial score (nSPS) is 14.5. The standard InChI is InChI=1S/C15H18N4O2/c1-10-14(11(2)21-18-10)15(20)17-12-5-6-13(16-9-12)19-7-3-4-8-19/h5-6,9H,3-4,7-8H2,1-2H3,(H,17,20). The Morgan fingerprint density at radius 3 is 2.62 bits per heavy atom.